The molecular weight excluding hydrogens is 308 g/mol. The lowest BCUT2D eigenvalue weighted by Gasteiger charge is -2.30. The highest BCUT2D eigenvalue weighted by Crippen LogP contribution is 2.42. The zero-order chi connectivity index (χ0) is 17.5. The van der Waals surface area contributed by atoms with Crippen molar-refractivity contribution in [2.75, 3.05) is 26.7 Å². The maximum Gasteiger partial charge on any atom is 0.410 e. The molecule has 0 bridgehead atoms. The van der Waals surface area contributed by atoms with Crippen LogP contribution < -0.4 is 0 Å². The van der Waals surface area contributed by atoms with E-state index in [0.717, 1.165) is 45.3 Å². The van der Waals surface area contributed by atoms with E-state index in [2.05, 4.69) is 4.90 Å². The smallest absolute Gasteiger partial charge is 0.410 e. The summed E-state index contributed by atoms with van der Waals surface area (Å²) in [7, 11) is 1.47. The summed E-state index contributed by atoms with van der Waals surface area (Å²) in [6, 6.07) is 0.383. The second-order valence-corrected chi connectivity index (χ2v) is 8.45. The van der Waals surface area contributed by atoms with E-state index in [9.17, 15) is 9.59 Å². The Morgan fingerprint density at radius 3 is 2.25 bits per heavy atom. The van der Waals surface area contributed by atoms with E-state index in [1.807, 2.05) is 25.7 Å². The normalized spacial score (nSPS) is 33.6. The molecule has 1 saturated carbocycles. The van der Waals surface area contributed by atoms with Gasteiger partial charge in [0.1, 0.15) is 11.6 Å². The first-order valence-corrected chi connectivity index (χ1v) is 9.10. The van der Waals surface area contributed by atoms with E-state index in [0.29, 0.717) is 17.9 Å². The number of hydrogen-bond donors (Lipinski definition) is 0. The minimum atomic E-state index is -0.444. The van der Waals surface area contributed by atoms with Gasteiger partial charge >= 0.3 is 12.1 Å². The third-order valence-corrected chi connectivity index (χ3v) is 5.61. The molecule has 136 valence electrons. The van der Waals surface area contributed by atoms with Crippen molar-refractivity contribution in [1.82, 2.24) is 9.80 Å². The molecule has 1 unspecified atom stereocenters. The summed E-state index contributed by atoms with van der Waals surface area (Å²) in [6.45, 7) is 8.26. The van der Waals surface area contributed by atoms with Crippen LogP contribution in [0.4, 0.5) is 4.79 Å². The second-order valence-electron chi connectivity index (χ2n) is 8.45. The topological polar surface area (TPSA) is 59.1 Å². The molecule has 3 fully saturated rings. The van der Waals surface area contributed by atoms with Crippen LogP contribution in [0.2, 0.25) is 0 Å². The molecule has 3 aliphatic rings. The summed E-state index contributed by atoms with van der Waals surface area (Å²) < 4.78 is 10.5. The molecule has 2 aliphatic heterocycles. The number of fused-ring (bicyclic) bond motifs is 1. The van der Waals surface area contributed by atoms with Crippen molar-refractivity contribution in [3.05, 3.63) is 0 Å². The number of rotatable bonds is 2. The lowest BCUT2D eigenvalue weighted by molar-refractivity contribution is -0.146. The maximum atomic E-state index is 12.2. The highest BCUT2D eigenvalue weighted by Gasteiger charge is 2.47. The number of likely N-dealkylation sites (tertiary alicyclic amines) is 2. The van der Waals surface area contributed by atoms with Crippen molar-refractivity contribution in [2.24, 2.45) is 11.8 Å². The van der Waals surface area contributed by atoms with Gasteiger partial charge in [-0.1, -0.05) is 0 Å². The van der Waals surface area contributed by atoms with E-state index in [-0.39, 0.29) is 18.1 Å². The fourth-order valence-corrected chi connectivity index (χ4v) is 4.63. The quantitative estimate of drug-likeness (QED) is 0.723. The Morgan fingerprint density at radius 2 is 1.71 bits per heavy atom. The van der Waals surface area contributed by atoms with Gasteiger partial charge < -0.3 is 14.4 Å². The highest BCUT2D eigenvalue weighted by atomic mass is 16.6. The maximum absolute atomic E-state index is 12.2. The summed E-state index contributed by atoms with van der Waals surface area (Å²) >= 11 is 0. The van der Waals surface area contributed by atoms with Crippen LogP contribution in [0.25, 0.3) is 0 Å². The third kappa shape index (κ3) is 3.53. The molecule has 0 radical (unpaired) electrons. The Bertz CT molecular complexity index is 488. The largest absolute Gasteiger partial charge is 0.468 e. The van der Waals surface area contributed by atoms with E-state index in [1.54, 1.807) is 0 Å². The first kappa shape index (κ1) is 17.5. The van der Waals surface area contributed by atoms with Crippen molar-refractivity contribution >= 4 is 12.1 Å². The summed E-state index contributed by atoms with van der Waals surface area (Å²) in [5, 5.41) is 0. The fraction of sp³-hybridized carbons (Fsp3) is 0.889. The molecule has 0 aromatic rings. The average Bonchev–Trinajstić information content (AvgIpc) is 3.17. The predicted octanol–water partition coefficient (Wildman–Crippen LogP) is 2.27. The van der Waals surface area contributed by atoms with Gasteiger partial charge in [-0.3, -0.25) is 9.69 Å². The fourth-order valence-electron chi connectivity index (χ4n) is 4.63. The molecule has 2 saturated heterocycles. The Hall–Kier alpha value is -1.30. The number of amides is 1. The molecule has 0 spiro atoms. The van der Waals surface area contributed by atoms with Gasteiger partial charge in [0.25, 0.3) is 0 Å². The van der Waals surface area contributed by atoms with E-state index >= 15 is 0 Å². The second kappa shape index (κ2) is 6.54. The highest BCUT2D eigenvalue weighted by molar-refractivity contribution is 5.76. The molecular formula is C18H30N2O4. The Labute approximate surface area is 144 Å². The van der Waals surface area contributed by atoms with Crippen molar-refractivity contribution in [3.63, 3.8) is 0 Å². The number of carbonyl (C=O) groups excluding carboxylic acids is 2. The van der Waals surface area contributed by atoms with E-state index in [1.165, 1.54) is 7.11 Å². The summed E-state index contributed by atoms with van der Waals surface area (Å²) in [5.74, 6) is 0.961. The SMILES string of the molecule is COC(=O)[C@@H]1CCCN1C1C[C@@H]2CN(C(=O)OC(C)(C)C)C[C@@H]2C1. The van der Waals surface area contributed by atoms with Gasteiger partial charge in [0.05, 0.1) is 7.11 Å². The van der Waals surface area contributed by atoms with Gasteiger partial charge in [0, 0.05) is 19.1 Å². The first-order valence-electron chi connectivity index (χ1n) is 9.10. The van der Waals surface area contributed by atoms with Gasteiger partial charge in [0.15, 0.2) is 0 Å². The Morgan fingerprint density at radius 1 is 1.08 bits per heavy atom. The van der Waals surface area contributed by atoms with Gasteiger partial charge in [-0.2, -0.15) is 0 Å². The molecule has 0 aromatic carbocycles. The first-order chi connectivity index (χ1) is 11.3. The number of ether oxygens (including phenoxy) is 2. The molecule has 1 aliphatic carbocycles. The standard InChI is InChI=1S/C18H30N2O4/c1-18(2,3)24-17(22)19-10-12-8-14(9-13(12)11-19)20-7-5-6-15(20)16(21)23-4/h12-15H,5-11H2,1-4H3/t12-,13+,14?,15-/m0/s1. The summed E-state index contributed by atoms with van der Waals surface area (Å²) in [6.07, 6.45) is 3.91. The van der Waals surface area contributed by atoms with Gasteiger partial charge in [-0.15, -0.1) is 0 Å². The van der Waals surface area contributed by atoms with Crippen LogP contribution in [0.1, 0.15) is 46.5 Å². The van der Waals surface area contributed by atoms with Crippen molar-refractivity contribution in [1.29, 1.82) is 0 Å². The monoisotopic (exact) mass is 338 g/mol. The number of nitrogens with zero attached hydrogens (tertiary/aromatic N) is 2. The lowest BCUT2D eigenvalue weighted by atomic mass is 10.0. The minimum Gasteiger partial charge on any atom is -0.468 e. The van der Waals surface area contributed by atoms with E-state index in [4.69, 9.17) is 9.47 Å². The lowest BCUT2D eigenvalue weighted by Crippen LogP contribution is -2.43. The zero-order valence-electron chi connectivity index (χ0n) is 15.3. The molecule has 6 nitrogen and oxygen atoms in total. The van der Waals surface area contributed by atoms with E-state index < -0.39 is 5.60 Å². The molecule has 2 heterocycles. The number of hydrogen-bond acceptors (Lipinski definition) is 5. The van der Waals surface area contributed by atoms with Crippen molar-refractivity contribution < 1.29 is 19.1 Å². The van der Waals surface area contributed by atoms with Crippen LogP contribution in [0.15, 0.2) is 0 Å². The number of methoxy groups -OCH3 is 1. The van der Waals surface area contributed by atoms with Crippen LogP contribution in [0.5, 0.6) is 0 Å². The Balaban J connectivity index is 1.55. The predicted molar refractivity (Wildman–Crippen MR) is 89.6 cm³/mol. The van der Waals surface area contributed by atoms with Crippen molar-refractivity contribution in [3.8, 4) is 0 Å². The molecule has 1 amide bonds. The zero-order valence-corrected chi connectivity index (χ0v) is 15.3. The van der Waals surface area contributed by atoms with Crippen LogP contribution in [0, 0.1) is 11.8 Å². The third-order valence-electron chi connectivity index (χ3n) is 5.61. The molecule has 6 heteroatoms. The minimum absolute atomic E-state index is 0.0687. The molecule has 0 aromatic heterocycles. The Kier molecular flexibility index (Phi) is 4.78. The summed E-state index contributed by atoms with van der Waals surface area (Å²) in [4.78, 5) is 28.4. The number of carbonyl (C=O) groups is 2. The van der Waals surface area contributed by atoms with Crippen molar-refractivity contribution in [2.45, 2.75) is 64.1 Å². The molecule has 0 N–H and O–H groups in total. The molecule has 24 heavy (non-hydrogen) atoms. The van der Waals surface area contributed by atoms with Gasteiger partial charge in [-0.05, 0) is 64.8 Å². The number of esters is 1. The van der Waals surface area contributed by atoms with Gasteiger partial charge in [-0.25, -0.2) is 4.79 Å². The average molecular weight is 338 g/mol. The van der Waals surface area contributed by atoms with Gasteiger partial charge in [0.2, 0.25) is 0 Å². The molecule has 4 atom stereocenters. The van der Waals surface area contributed by atoms with Crippen LogP contribution in [-0.4, -0.2) is 66.3 Å². The summed E-state index contributed by atoms with van der Waals surface area (Å²) in [5.41, 5.74) is -0.444. The van der Waals surface area contributed by atoms with Crippen LogP contribution >= 0.6 is 0 Å². The molecule has 3 rings (SSSR count). The van der Waals surface area contributed by atoms with Crippen LogP contribution in [-0.2, 0) is 14.3 Å². The van der Waals surface area contributed by atoms with Crippen LogP contribution in [0.3, 0.4) is 0 Å².